The van der Waals surface area contributed by atoms with Gasteiger partial charge in [0.05, 0.1) is 0 Å². The highest BCUT2D eigenvalue weighted by molar-refractivity contribution is 5.31. The molecule has 0 bridgehead atoms. The Kier molecular flexibility index (Phi) is 3.35. The molecule has 4 nitrogen and oxygen atoms in total. The fraction of sp³-hybridized carbons (Fsp3) is 0.294. The number of hydrogen-bond acceptors (Lipinski definition) is 3. The summed E-state index contributed by atoms with van der Waals surface area (Å²) in [6.45, 7) is 2.93. The highest BCUT2D eigenvalue weighted by Gasteiger charge is 2.25. The van der Waals surface area contributed by atoms with Gasteiger partial charge < -0.3 is 0 Å². The van der Waals surface area contributed by atoms with Gasteiger partial charge in [-0.15, -0.1) is 0 Å². The Labute approximate surface area is 128 Å². The van der Waals surface area contributed by atoms with E-state index in [0.29, 0.717) is 5.92 Å². The summed E-state index contributed by atoms with van der Waals surface area (Å²) in [5.74, 6) is 1.07. The molecule has 0 radical (unpaired) electrons. The fourth-order valence-corrected chi connectivity index (χ4v) is 3.25. The molecule has 5 heteroatoms. The zero-order valence-electron chi connectivity index (χ0n) is 12.2. The van der Waals surface area contributed by atoms with Gasteiger partial charge >= 0.3 is 0 Å². The monoisotopic (exact) mass is 296 g/mol. The zero-order chi connectivity index (χ0) is 14.9. The average molecular weight is 296 g/mol. The van der Waals surface area contributed by atoms with Crippen LogP contribution in [0.1, 0.15) is 23.6 Å². The van der Waals surface area contributed by atoms with Crippen LogP contribution in [-0.2, 0) is 6.54 Å². The van der Waals surface area contributed by atoms with E-state index in [1.807, 2.05) is 24.5 Å². The summed E-state index contributed by atoms with van der Waals surface area (Å²) in [4.78, 5) is 10.9. The van der Waals surface area contributed by atoms with Crippen molar-refractivity contribution >= 4 is 5.78 Å². The Balaban J connectivity index is 1.50. The van der Waals surface area contributed by atoms with Crippen molar-refractivity contribution in [3.05, 3.63) is 66.0 Å². The average Bonchev–Trinajstić information content (AvgIpc) is 3.18. The van der Waals surface area contributed by atoms with Gasteiger partial charge in [-0.1, -0.05) is 12.1 Å². The zero-order valence-corrected chi connectivity index (χ0v) is 12.2. The molecule has 22 heavy (non-hydrogen) atoms. The van der Waals surface area contributed by atoms with E-state index in [1.54, 1.807) is 6.20 Å². The number of aromatic nitrogens is 3. The molecule has 112 valence electrons. The Morgan fingerprint density at radius 2 is 1.91 bits per heavy atom. The SMILES string of the molecule is Fc1ccc(CN2CC[C@H](c3ccnc4nccn34)C2)cc1. The first-order valence-electron chi connectivity index (χ1n) is 7.54. The van der Waals surface area contributed by atoms with E-state index in [2.05, 4.69) is 25.3 Å². The molecule has 3 aromatic rings. The number of benzene rings is 1. The van der Waals surface area contributed by atoms with Crippen molar-refractivity contribution in [1.82, 2.24) is 19.3 Å². The predicted molar refractivity (Wildman–Crippen MR) is 82.0 cm³/mol. The minimum Gasteiger partial charge on any atom is -0.298 e. The van der Waals surface area contributed by atoms with E-state index in [0.717, 1.165) is 37.4 Å². The van der Waals surface area contributed by atoms with Gasteiger partial charge in [0.25, 0.3) is 0 Å². The molecule has 0 saturated carbocycles. The fourth-order valence-electron chi connectivity index (χ4n) is 3.25. The molecule has 1 fully saturated rings. The summed E-state index contributed by atoms with van der Waals surface area (Å²) >= 11 is 0. The van der Waals surface area contributed by atoms with Crippen molar-refractivity contribution in [3.63, 3.8) is 0 Å². The molecule has 0 N–H and O–H groups in total. The third-order valence-electron chi connectivity index (χ3n) is 4.34. The second-order valence-electron chi connectivity index (χ2n) is 5.81. The lowest BCUT2D eigenvalue weighted by Crippen LogP contribution is -2.20. The largest absolute Gasteiger partial charge is 0.298 e. The van der Waals surface area contributed by atoms with E-state index in [-0.39, 0.29) is 5.82 Å². The van der Waals surface area contributed by atoms with Gasteiger partial charge in [0, 0.05) is 43.3 Å². The Bertz CT molecular complexity index is 781. The number of imidazole rings is 1. The molecule has 0 amide bonds. The molecule has 1 saturated heterocycles. The number of rotatable bonds is 3. The maximum atomic E-state index is 13.0. The number of halogens is 1. The van der Waals surface area contributed by atoms with Gasteiger partial charge in [0.2, 0.25) is 5.78 Å². The third-order valence-corrected chi connectivity index (χ3v) is 4.34. The maximum absolute atomic E-state index is 13.0. The Morgan fingerprint density at radius 1 is 1.09 bits per heavy atom. The van der Waals surface area contributed by atoms with Gasteiger partial charge in [-0.05, 0) is 36.7 Å². The van der Waals surface area contributed by atoms with Crippen molar-refractivity contribution in [3.8, 4) is 0 Å². The molecule has 2 aromatic heterocycles. The quantitative estimate of drug-likeness (QED) is 0.745. The summed E-state index contributed by atoms with van der Waals surface area (Å²) in [6.07, 6.45) is 6.72. The molecule has 1 aliphatic rings. The molecular formula is C17H17FN4. The van der Waals surface area contributed by atoms with Crippen LogP contribution in [0, 0.1) is 5.82 Å². The van der Waals surface area contributed by atoms with Crippen LogP contribution >= 0.6 is 0 Å². The lowest BCUT2D eigenvalue weighted by molar-refractivity contribution is 0.326. The second kappa shape index (κ2) is 5.50. The molecule has 0 unspecified atom stereocenters. The van der Waals surface area contributed by atoms with Crippen LogP contribution < -0.4 is 0 Å². The summed E-state index contributed by atoms with van der Waals surface area (Å²) in [7, 11) is 0. The van der Waals surface area contributed by atoms with Crippen LogP contribution in [0.2, 0.25) is 0 Å². The first-order chi connectivity index (χ1) is 10.8. The van der Waals surface area contributed by atoms with Crippen LogP contribution in [-0.4, -0.2) is 32.4 Å². The standard InChI is InChI=1S/C17H17FN4/c18-15-3-1-13(2-4-15)11-21-9-6-14(12-21)16-5-7-19-17-20-8-10-22(16)17/h1-5,7-8,10,14H,6,9,11-12H2/t14-/m0/s1. The van der Waals surface area contributed by atoms with Crippen LogP contribution in [0.4, 0.5) is 4.39 Å². The lowest BCUT2D eigenvalue weighted by Gasteiger charge is -2.16. The van der Waals surface area contributed by atoms with Crippen molar-refractivity contribution in [1.29, 1.82) is 0 Å². The molecule has 1 aliphatic heterocycles. The summed E-state index contributed by atoms with van der Waals surface area (Å²) in [5, 5.41) is 0. The number of fused-ring (bicyclic) bond motifs is 1. The van der Waals surface area contributed by atoms with Crippen molar-refractivity contribution in [2.45, 2.75) is 18.9 Å². The number of likely N-dealkylation sites (tertiary alicyclic amines) is 1. The van der Waals surface area contributed by atoms with Crippen molar-refractivity contribution in [2.75, 3.05) is 13.1 Å². The number of hydrogen-bond donors (Lipinski definition) is 0. The summed E-state index contributed by atoms with van der Waals surface area (Å²) in [6, 6.07) is 8.87. The molecule has 3 heterocycles. The first kappa shape index (κ1) is 13.4. The lowest BCUT2D eigenvalue weighted by atomic mass is 10.0. The van der Waals surface area contributed by atoms with Crippen molar-refractivity contribution in [2.24, 2.45) is 0 Å². The van der Waals surface area contributed by atoms with E-state index in [1.165, 1.54) is 17.8 Å². The van der Waals surface area contributed by atoms with Crippen LogP contribution in [0.15, 0.2) is 48.9 Å². The van der Waals surface area contributed by atoms with E-state index in [4.69, 9.17) is 0 Å². The van der Waals surface area contributed by atoms with Gasteiger partial charge in [-0.2, -0.15) is 0 Å². The van der Waals surface area contributed by atoms with Crippen LogP contribution in [0.5, 0.6) is 0 Å². The van der Waals surface area contributed by atoms with Crippen LogP contribution in [0.25, 0.3) is 5.78 Å². The minimum atomic E-state index is -0.178. The second-order valence-corrected chi connectivity index (χ2v) is 5.81. The van der Waals surface area contributed by atoms with E-state index in [9.17, 15) is 4.39 Å². The maximum Gasteiger partial charge on any atom is 0.233 e. The Hall–Kier alpha value is -2.27. The van der Waals surface area contributed by atoms with Gasteiger partial charge in [0.15, 0.2) is 0 Å². The smallest absolute Gasteiger partial charge is 0.233 e. The molecular weight excluding hydrogens is 279 g/mol. The normalized spacial score (nSPS) is 19.0. The third kappa shape index (κ3) is 2.48. The molecule has 1 aromatic carbocycles. The predicted octanol–water partition coefficient (Wildman–Crippen LogP) is 2.86. The summed E-state index contributed by atoms with van der Waals surface area (Å²) in [5.41, 5.74) is 2.42. The molecule has 1 atom stereocenters. The highest BCUT2D eigenvalue weighted by atomic mass is 19.1. The Morgan fingerprint density at radius 3 is 2.77 bits per heavy atom. The number of nitrogens with zero attached hydrogens (tertiary/aromatic N) is 4. The molecule has 4 rings (SSSR count). The van der Waals surface area contributed by atoms with Crippen LogP contribution in [0.3, 0.4) is 0 Å². The van der Waals surface area contributed by atoms with E-state index < -0.39 is 0 Å². The van der Waals surface area contributed by atoms with Crippen molar-refractivity contribution < 1.29 is 4.39 Å². The summed E-state index contributed by atoms with van der Waals surface area (Å²) < 4.78 is 15.0. The van der Waals surface area contributed by atoms with E-state index >= 15 is 0 Å². The topological polar surface area (TPSA) is 33.4 Å². The minimum absolute atomic E-state index is 0.178. The van der Waals surface area contributed by atoms with Gasteiger partial charge in [0.1, 0.15) is 5.82 Å². The van der Waals surface area contributed by atoms with Gasteiger partial charge in [-0.3, -0.25) is 9.30 Å². The highest BCUT2D eigenvalue weighted by Crippen LogP contribution is 2.28. The molecule has 0 spiro atoms. The van der Waals surface area contributed by atoms with Gasteiger partial charge in [-0.25, -0.2) is 14.4 Å². The molecule has 0 aliphatic carbocycles. The first-order valence-corrected chi connectivity index (χ1v) is 7.54.